The van der Waals surface area contributed by atoms with Gasteiger partial charge in [-0.2, -0.15) is 13.2 Å². The third-order valence-electron chi connectivity index (χ3n) is 3.64. The van der Waals surface area contributed by atoms with Crippen LogP contribution < -0.4 is 10.6 Å². The molecule has 5 nitrogen and oxygen atoms in total. The van der Waals surface area contributed by atoms with Crippen LogP contribution in [0, 0.1) is 0 Å². The minimum absolute atomic E-state index is 0. The predicted octanol–water partition coefficient (Wildman–Crippen LogP) is 2.93. The highest BCUT2D eigenvalue weighted by atomic mass is 127. The molecule has 10 heteroatoms. The largest absolute Gasteiger partial charge is 0.434 e. The number of rotatable bonds is 5. The number of thiazole rings is 1. The number of aromatic nitrogens is 1. The highest BCUT2D eigenvalue weighted by Crippen LogP contribution is 2.29. The molecule has 0 bridgehead atoms. The summed E-state index contributed by atoms with van der Waals surface area (Å²) < 4.78 is 37.5. The SMILES string of the molecule is CN=C(NCCN1CCCCC1)NCc1nc(C(F)(F)F)cs1.I. The number of guanidine groups is 1. The van der Waals surface area contributed by atoms with Gasteiger partial charge in [-0.25, -0.2) is 4.98 Å². The Hall–Kier alpha value is -0.620. The van der Waals surface area contributed by atoms with Crippen molar-refractivity contribution in [1.29, 1.82) is 0 Å². The third-order valence-corrected chi connectivity index (χ3v) is 4.49. The van der Waals surface area contributed by atoms with Gasteiger partial charge >= 0.3 is 6.18 Å². The topological polar surface area (TPSA) is 52.6 Å². The molecular weight excluding hydrogens is 454 g/mol. The molecule has 0 saturated carbocycles. The van der Waals surface area contributed by atoms with Gasteiger partial charge in [-0.05, 0) is 25.9 Å². The number of nitrogens with zero attached hydrogens (tertiary/aromatic N) is 3. The van der Waals surface area contributed by atoms with Crippen LogP contribution in [0.25, 0.3) is 0 Å². The summed E-state index contributed by atoms with van der Waals surface area (Å²) in [4.78, 5) is 10.1. The Morgan fingerprint density at radius 2 is 2.00 bits per heavy atom. The van der Waals surface area contributed by atoms with E-state index in [0.717, 1.165) is 42.9 Å². The van der Waals surface area contributed by atoms with Crippen LogP contribution in [0.5, 0.6) is 0 Å². The first-order valence-corrected chi connectivity index (χ1v) is 8.55. The summed E-state index contributed by atoms with van der Waals surface area (Å²) in [6.07, 6.45) is -0.582. The highest BCUT2D eigenvalue weighted by molar-refractivity contribution is 14.0. The third kappa shape index (κ3) is 7.09. The maximum atomic E-state index is 12.5. The van der Waals surface area contributed by atoms with E-state index in [2.05, 4.69) is 25.5 Å². The van der Waals surface area contributed by atoms with Gasteiger partial charge < -0.3 is 15.5 Å². The second kappa shape index (κ2) is 10.4. The molecule has 0 spiro atoms. The summed E-state index contributed by atoms with van der Waals surface area (Å²) in [5, 5.41) is 7.58. The standard InChI is InChI=1S/C14H22F3N5S.HI/c1-18-13(19-5-8-22-6-3-2-4-7-22)20-9-12-21-11(10-23-12)14(15,16)17;/h10H,2-9H2,1H3,(H2,18,19,20);1H. The van der Waals surface area contributed by atoms with E-state index in [9.17, 15) is 13.2 Å². The first-order valence-electron chi connectivity index (χ1n) is 7.67. The highest BCUT2D eigenvalue weighted by Gasteiger charge is 2.33. The molecule has 0 atom stereocenters. The minimum Gasteiger partial charge on any atom is -0.355 e. The van der Waals surface area contributed by atoms with Crippen LogP contribution in [0.15, 0.2) is 10.4 Å². The summed E-state index contributed by atoms with van der Waals surface area (Å²) in [5.41, 5.74) is -0.840. The molecule has 1 fully saturated rings. The van der Waals surface area contributed by atoms with E-state index < -0.39 is 11.9 Å². The zero-order valence-electron chi connectivity index (χ0n) is 13.5. The van der Waals surface area contributed by atoms with E-state index in [1.165, 1.54) is 19.3 Å². The normalized spacial score (nSPS) is 16.6. The van der Waals surface area contributed by atoms with E-state index in [4.69, 9.17) is 0 Å². The average molecular weight is 477 g/mol. The lowest BCUT2D eigenvalue weighted by molar-refractivity contribution is -0.140. The van der Waals surface area contributed by atoms with E-state index in [0.29, 0.717) is 11.0 Å². The number of nitrogens with one attached hydrogen (secondary N) is 2. The molecule has 0 amide bonds. The fraction of sp³-hybridized carbons (Fsp3) is 0.714. The molecule has 24 heavy (non-hydrogen) atoms. The van der Waals surface area contributed by atoms with Crippen LogP contribution in [0.4, 0.5) is 13.2 Å². The summed E-state index contributed by atoms with van der Waals surface area (Å²) >= 11 is 0.991. The number of likely N-dealkylation sites (tertiary alicyclic amines) is 1. The molecule has 1 aromatic heterocycles. The van der Waals surface area contributed by atoms with Crippen LogP contribution in [-0.2, 0) is 12.7 Å². The van der Waals surface area contributed by atoms with Crippen molar-refractivity contribution < 1.29 is 13.2 Å². The zero-order valence-corrected chi connectivity index (χ0v) is 16.7. The number of alkyl halides is 3. The van der Waals surface area contributed by atoms with E-state index in [-0.39, 0.29) is 30.5 Å². The summed E-state index contributed by atoms with van der Waals surface area (Å²) in [5.74, 6) is 0.575. The van der Waals surface area contributed by atoms with E-state index in [1.807, 2.05) is 0 Å². The van der Waals surface area contributed by atoms with Gasteiger partial charge in [0.2, 0.25) is 0 Å². The van der Waals surface area contributed by atoms with Gasteiger partial charge in [-0.15, -0.1) is 35.3 Å². The number of halogens is 4. The Balaban J connectivity index is 0.00000288. The number of piperidine rings is 1. The first kappa shape index (κ1) is 21.4. The molecule has 0 aromatic carbocycles. The van der Waals surface area contributed by atoms with E-state index >= 15 is 0 Å². The smallest absolute Gasteiger partial charge is 0.355 e. The fourth-order valence-corrected chi connectivity index (χ4v) is 3.16. The molecule has 2 N–H and O–H groups in total. The van der Waals surface area contributed by atoms with Crippen molar-refractivity contribution in [1.82, 2.24) is 20.5 Å². The van der Waals surface area contributed by atoms with Crippen LogP contribution in [-0.4, -0.2) is 49.1 Å². The molecule has 0 radical (unpaired) electrons. The van der Waals surface area contributed by atoms with Gasteiger partial charge in [-0.3, -0.25) is 4.99 Å². The minimum atomic E-state index is -4.39. The summed E-state index contributed by atoms with van der Waals surface area (Å²) in [6, 6.07) is 0. The Morgan fingerprint density at radius 1 is 1.29 bits per heavy atom. The second-order valence-electron chi connectivity index (χ2n) is 5.38. The lowest BCUT2D eigenvalue weighted by Gasteiger charge is -2.26. The molecule has 138 valence electrons. The molecule has 0 unspecified atom stereocenters. The Kier molecular flexibility index (Phi) is 9.27. The molecule has 2 heterocycles. The maximum absolute atomic E-state index is 12.5. The molecule has 0 aliphatic carbocycles. The maximum Gasteiger partial charge on any atom is 0.434 e. The predicted molar refractivity (Wildman–Crippen MR) is 101 cm³/mol. The van der Waals surface area contributed by atoms with E-state index in [1.54, 1.807) is 7.05 Å². The van der Waals surface area contributed by atoms with Gasteiger partial charge in [0.05, 0.1) is 6.54 Å². The monoisotopic (exact) mass is 477 g/mol. The Bertz CT molecular complexity index is 515. The van der Waals surface area contributed by atoms with Crippen LogP contribution in [0.2, 0.25) is 0 Å². The average Bonchev–Trinajstić information content (AvgIpc) is 3.01. The quantitative estimate of drug-likeness (QED) is 0.389. The molecule has 1 aliphatic heterocycles. The van der Waals surface area contributed by atoms with Crippen molar-refractivity contribution >= 4 is 41.3 Å². The lowest BCUT2D eigenvalue weighted by Crippen LogP contribution is -2.42. The van der Waals surface area contributed by atoms with Gasteiger partial charge in [0, 0.05) is 25.5 Å². The van der Waals surface area contributed by atoms with Crippen molar-refractivity contribution in [3.8, 4) is 0 Å². The Morgan fingerprint density at radius 3 is 2.58 bits per heavy atom. The number of hydrogen-bond donors (Lipinski definition) is 2. The van der Waals surface area contributed by atoms with Gasteiger partial charge in [-0.1, -0.05) is 6.42 Å². The van der Waals surface area contributed by atoms with Crippen molar-refractivity contribution in [3.05, 3.63) is 16.1 Å². The number of hydrogen-bond acceptors (Lipinski definition) is 4. The molecule has 1 aromatic rings. The van der Waals surface area contributed by atoms with Crippen molar-refractivity contribution in [2.24, 2.45) is 4.99 Å². The molecular formula is C14H23F3IN5S. The van der Waals surface area contributed by atoms with Crippen LogP contribution in [0.1, 0.15) is 30.0 Å². The van der Waals surface area contributed by atoms with Crippen molar-refractivity contribution in [2.75, 3.05) is 33.2 Å². The van der Waals surface area contributed by atoms with Crippen molar-refractivity contribution in [3.63, 3.8) is 0 Å². The Labute approximate surface area is 161 Å². The zero-order chi connectivity index (χ0) is 16.7. The molecule has 1 aliphatic rings. The van der Waals surface area contributed by atoms with Gasteiger partial charge in [0.1, 0.15) is 5.01 Å². The summed E-state index contributed by atoms with van der Waals surface area (Å²) in [6.45, 7) is 4.19. The first-order chi connectivity index (χ1) is 11.0. The van der Waals surface area contributed by atoms with Crippen LogP contribution >= 0.6 is 35.3 Å². The second-order valence-corrected chi connectivity index (χ2v) is 6.32. The van der Waals surface area contributed by atoms with Crippen molar-refractivity contribution in [2.45, 2.75) is 32.0 Å². The van der Waals surface area contributed by atoms with Gasteiger partial charge in [0.25, 0.3) is 0 Å². The summed E-state index contributed by atoms with van der Waals surface area (Å²) in [7, 11) is 1.64. The lowest BCUT2D eigenvalue weighted by atomic mass is 10.1. The fourth-order valence-electron chi connectivity index (χ4n) is 2.42. The van der Waals surface area contributed by atoms with Gasteiger partial charge in [0.15, 0.2) is 11.7 Å². The number of aliphatic imine (C=N–C) groups is 1. The molecule has 1 saturated heterocycles. The van der Waals surface area contributed by atoms with Crippen LogP contribution in [0.3, 0.4) is 0 Å². The molecule has 2 rings (SSSR count).